The van der Waals surface area contributed by atoms with Gasteiger partial charge in [-0.2, -0.15) is 0 Å². The molecule has 2 aliphatic rings. The number of benzene rings is 2. The molecular weight excluding hydrogens is 495 g/mol. The average molecular weight is 525 g/mol. The zero-order valence-corrected chi connectivity index (χ0v) is 21.3. The molecule has 2 N–H and O–H groups in total. The molecule has 2 atom stereocenters. The molecule has 2 aliphatic heterocycles. The van der Waals surface area contributed by atoms with Crippen LogP contribution in [0.3, 0.4) is 0 Å². The van der Waals surface area contributed by atoms with Crippen molar-refractivity contribution in [2.45, 2.75) is 25.6 Å². The number of nitrogens with one attached hydrogen (secondary N) is 2. The van der Waals surface area contributed by atoms with E-state index in [-0.39, 0.29) is 31.2 Å². The van der Waals surface area contributed by atoms with Gasteiger partial charge in [0.15, 0.2) is 11.5 Å². The van der Waals surface area contributed by atoms with Gasteiger partial charge in [-0.25, -0.2) is 4.39 Å². The number of fused-ring (bicyclic) bond motifs is 1. The van der Waals surface area contributed by atoms with Crippen LogP contribution in [0.2, 0.25) is 0 Å². The Hall–Kier alpha value is -3.63. The second-order valence-corrected chi connectivity index (χ2v) is 10.0. The van der Waals surface area contributed by atoms with Crippen molar-refractivity contribution in [1.29, 1.82) is 0 Å². The summed E-state index contributed by atoms with van der Waals surface area (Å²) in [5, 5.41) is 7.57. The number of piperazine rings is 1. The van der Waals surface area contributed by atoms with E-state index in [0.717, 1.165) is 10.4 Å². The fourth-order valence-corrected chi connectivity index (χ4v) is 5.78. The van der Waals surface area contributed by atoms with Gasteiger partial charge >= 0.3 is 11.8 Å². The summed E-state index contributed by atoms with van der Waals surface area (Å²) in [6, 6.07) is 15.8. The molecule has 5 rings (SSSR count). The van der Waals surface area contributed by atoms with E-state index in [1.165, 1.54) is 6.07 Å². The molecule has 3 aromatic rings. The Labute approximate surface area is 219 Å². The van der Waals surface area contributed by atoms with Crippen molar-refractivity contribution in [2.24, 2.45) is 0 Å². The molecule has 1 fully saturated rings. The van der Waals surface area contributed by atoms with E-state index in [2.05, 4.69) is 15.5 Å². The lowest BCUT2D eigenvalue weighted by molar-refractivity contribution is -0.140. The highest BCUT2D eigenvalue weighted by Gasteiger charge is 2.32. The molecule has 0 aliphatic carbocycles. The molecule has 1 aromatic heterocycles. The molecule has 0 bridgehead atoms. The van der Waals surface area contributed by atoms with E-state index in [1.54, 1.807) is 35.6 Å². The van der Waals surface area contributed by atoms with Gasteiger partial charge in [-0.1, -0.05) is 24.3 Å². The van der Waals surface area contributed by atoms with Crippen molar-refractivity contribution in [3.05, 3.63) is 76.2 Å². The number of nitrogens with zero attached hydrogens (tertiary/aromatic N) is 2. The Kier molecular flexibility index (Phi) is 7.57. The van der Waals surface area contributed by atoms with E-state index < -0.39 is 11.8 Å². The second kappa shape index (κ2) is 11.2. The van der Waals surface area contributed by atoms with Gasteiger partial charge < -0.3 is 25.0 Å². The van der Waals surface area contributed by atoms with Crippen LogP contribution in [0.5, 0.6) is 11.5 Å². The molecule has 0 spiro atoms. The molecule has 1 saturated heterocycles. The lowest BCUT2D eigenvalue weighted by atomic mass is 10.0. The van der Waals surface area contributed by atoms with Gasteiger partial charge in [0.2, 0.25) is 6.79 Å². The normalized spacial score (nSPS) is 16.8. The van der Waals surface area contributed by atoms with Crippen LogP contribution in [0, 0.1) is 5.82 Å². The molecular formula is C27H29FN4O4S. The highest BCUT2D eigenvalue weighted by molar-refractivity contribution is 7.10. The number of thiophene rings is 1. The molecule has 0 saturated carbocycles. The summed E-state index contributed by atoms with van der Waals surface area (Å²) >= 11 is 1.62. The summed E-state index contributed by atoms with van der Waals surface area (Å²) in [4.78, 5) is 30.8. The summed E-state index contributed by atoms with van der Waals surface area (Å²) in [6.07, 6.45) is 0. The lowest BCUT2D eigenvalue weighted by Crippen LogP contribution is -2.53. The van der Waals surface area contributed by atoms with Gasteiger partial charge in [0.25, 0.3) is 0 Å². The highest BCUT2D eigenvalue weighted by Crippen LogP contribution is 2.33. The standard InChI is InChI=1S/C27H29FN4O4S/c1-18(30-27(34)26(33)29-16-19-8-9-22-23(15-19)36-17-35-22)25(24-7-4-14-37-24)32-12-10-31(11-13-32)21-6-3-2-5-20(21)28/h2-9,14-15,18,25H,10-13,16-17H2,1H3,(H,29,33)(H,30,34). The number of carbonyl (C=O) groups is 2. The van der Waals surface area contributed by atoms with Gasteiger partial charge in [-0.15, -0.1) is 11.3 Å². The minimum atomic E-state index is -0.696. The van der Waals surface area contributed by atoms with Crippen molar-refractivity contribution >= 4 is 28.8 Å². The van der Waals surface area contributed by atoms with Crippen LogP contribution in [-0.4, -0.2) is 55.7 Å². The predicted octanol–water partition coefficient (Wildman–Crippen LogP) is 3.30. The first-order valence-electron chi connectivity index (χ1n) is 12.2. The summed E-state index contributed by atoms with van der Waals surface area (Å²) in [7, 11) is 0. The van der Waals surface area contributed by atoms with Crippen LogP contribution in [0.1, 0.15) is 23.4 Å². The first kappa shape index (κ1) is 25.0. The number of carbonyl (C=O) groups excluding carboxylic acids is 2. The average Bonchev–Trinajstić information content (AvgIpc) is 3.60. The zero-order chi connectivity index (χ0) is 25.8. The first-order chi connectivity index (χ1) is 18.0. The predicted molar refractivity (Wildman–Crippen MR) is 139 cm³/mol. The molecule has 10 heteroatoms. The summed E-state index contributed by atoms with van der Waals surface area (Å²) in [5.74, 6) is -0.313. The van der Waals surface area contributed by atoms with Crippen LogP contribution in [0.4, 0.5) is 10.1 Å². The number of rotatable bonds is 7. The monoisotopic (exact) mass is 524 g/mol. The molecule has 8 nitrogen and oxygen atoms in total. The highest BCUT2D eigenvalue weighted by atomic mass is 32.1. The summed E-state index contributed by atoms with van der Waals surface area (Å²) in [5.41, 5.74) is 1.41. The Bertz CT molecular complexity index is 1250. The van der Waals surface area contributed by atoms with Crippen molar-refractivity contribution in [3.63, 3.8) is 0 Å². The fraction of sp³-hybridized carbons (Fsp3) is 0.333. The van der Waals surface area contributed by atoms with Crippen LogP contribution in [0.15, 0.2) is 60.0 Å². The zero-order valence-electron chi connectivity index (χ0n) is 20.5. The Balaban J connectivity index is 1.19. The van der Waals surface area contributed by atoms with Crippen LogP contribution < -0.4 is 25.0 Å². The third-order valence-electron chi connectivity index (χ3n) is 6.66. The summed E-state index contributed by atoms with van der Waals surface area (Å²) < 4.78 is 24.9. The third kappa shape index (κ3) is 5.70. The van der Waals surface area contributed by atoms with Crippen LogP contribution in [-0.2, 0) is 16.1 Å². The Morgan fingerprint density at radius 3 is 2.54 bits per heavy atom. The SMILES string of the molecule is CC(NC(=O)C(=O)NCc1ccc2c(c1)OCO2)C(c1cccs1)N1CCN(c2ccccc2F)CC1. The minimum Gasteiger partial charge on any atom is -0.454 e. The van der Waals surface area contributed by atoms with Gasteiger partial charge in [0.05, 0.1) is 11.7 Å². The quantitative estimate of drug-likeness (QED) is 0.462. The van der Waals surface area contributed by atoms with Gasteiger partial charge in [0, 0.05) is 43.6 Å². The molecule has 0 radical (unpaired) electrons. The number of amides is 2. The van der Waals surface area contributed by atoms with Gasteiger partial charge in [-0.3, -0.25) is 14.5 Å². The molecule has 2 aromatic carbocycles. The second-order valence-electron chi connectivity index (χ2n) is 9.07. The number of hydrogen-bond acceptors (Lipinski definition) is 7. The van der Waals surface area contributed by atoms with E-state index >= 15 is 0 Å². The van der Waals surface area contributed by atoms with Crippen LogP contribution >= 0.6 is 11.3 Å². The number of anilines is 1. The fourth-order valence-electron chi connectivity index (χ4n) is 4.82. The molecule has 2 amide bonds. The Morgan fingerprint density at radius 1 is 1.00 bits per heavy atom. The van der Waals surface area contributed by atoms with E-state index in [0.29, 0.717) is 43.4 Å². The summed E-state index contributed by atoms with van der Waals surface area (Å²) in [6.45, 7) is 5.02. The minimum absolute atomic E-state index is 0.103. The van der Waals surface area contributed by atoms with Gasteiger partial charge in [0.1, 0.15) is 5.82 Å². The van der Waals surface area contributed by atoms with Crippen molar-refractivity contribution < 1.29 is 23.5 Å². The third-order valence-corrected chi connectivity index (χ3v) is 7.61. The first-order valence-corrected chi connectivity index (χ1v) is 13.1. The lowest BCUT2D eigenvalue weighted by Gasteiger charge is -2.42. The van der Waals surface area contributed by atoms with Gasteiger partial charge in [-0.05, 0) is 48.2 Å². The smallest absolute Gasteiger partial charge is 0.309 e. The van der Waals surface area contributed by atoms with Crippen molar-refractivity contribution in [1.82, 2.24) is 15.5 Å². The number of hydrogen-bond donors (Lipinski definition) is 2. The van der Waals surface area contributed by atoms with E-state index in [1.807, 2.05) is 41.5 Å². The number of para-hydroxylation sites is 1. The molecule has 194 valence electrons. The van der Waals surface area contributed by atoms with Crippen molar-refractivity contribution in [2.75, 3.05) is 37.9 Å². The maximum absolute atomic E-state index is 14.3. The number of halogens is 1. The number of ether oxygens (including phenoxy) is 2. The van der Waals surface area contributed by atoms with E-state index in [4.69, 9.17) is 9.47 Å². The molecule has 37 heavy (non-hydrogen) atoms. The van der Waals surface area contributed by atoms with Crippen LogP contribution in [0.25, 0.3) is 0 Å². The van der Waals surface area contributed by atoms with Crippen molar-refractivity contribution in [3.8, 4) is 11.5 Å². The topological polar surface area (TPSA) is 83.1 Å². The largest absolute Gasteiger partial charge is 0.454 e. The molecule has 2 unspecified atom stereocenters. The maximum Gasteiger partial charge on any atom is 0.309 e. The van der Waals surface area contributed by atoms with E-state index in [9.17, 15) is 14.0 Å². The maximum atomic E-state index is 14.3. The Morgan fingerprint density at radius 2 is 1.78 bits per heavy atom. The molecule has 3 heterocycles.